The molecule has 2 heterocycles. The first-order valence-electron chi connectivity index (χ1n) is 4.15. The van der Waals surface area contributed by atoms with Crippen molar-refractivity contribution in [3.8, 4) is 5.82 Å². The maximum absolute atomic E-state index is 10.5. The zero-order valence-corrected chi connectivity index (χ0v) is 9.62. The van der Waals surface area contributed by atoms with Gasteiger partial charge in [-0.3, -0.25) is 10.1 Å². The predicted octanol–water partition coefficient (Wildman–Crippen LogP) is 1.04. The van der Waals surface area contributed by atoms with E-state index in [1.54, 1.807) is 6.92 Å². The summed E-state index contributed by atoms with van der Waals surface area (Å²) in [5, 5.41) is 21.4. The molecule has 0 aliphatic heterocycles. The standard InChI is InChI=1S/C7H5BrN6O2/c1-4-10-11-12-13(4)7-6(8)2-5(3-9-7)14(15)16/h2-3H,1H3. The Morgan fingerprint density at radius 2 is 2.31 bits per heavy atom. The minimum atomic E-state index is -0.520. The van der Waals surface area contributed by atoms with Gasteiger partial charge < -0.3 is 0 Å². The van der Waals surface area contributed by atoms with Gasteiger partial charge in [0.05, 0.1) is 9.40 Å². The molecule has 0 aliphatic carbocycles. The zero-order valence-electron chi connectivity index (χ0n) is 8.03. The van der Waals surface area contributed by atoms with Crippen LogP contribution in [0.15, 0.2) is 16.7 Å². The lowest BCUT2D eigenvalue weighted by molar-refractivity contribution is -0.385. The molecule has 82 valence electrons. The molecular weight excluding hydrogens is 280 g/mol. The van der Waals surface area contributed by atoms with Crippen LogP contribution in [0.5, 0.6) is 0 Å². The van der Waals surface area contributed by atoms with Crippen molar-refractivity contribution in [1.82, 2.24) is 25.2 Å². The van der Waals surface area contributed by atoms with Crippen molar-refractivity contribution in [2.45, 2.75) is 6.92 Å². The van der Waals surface area contributed by atoms with Crippen LogP contribution >= 0.6 is 15.9 Å². The van der Waals surface area contributed by atoms with Crippen molar-refractivity contribution in [3.05, 3.63) is 32.7 Å². The van der Waals surface area contributed by atoms with Gasteiger partial charge in [0.25, 0.3) is 5.69 Å². The fourth-order valence-corrected chi connectivity index (χ4v) is 1.61. The number of nitro groups is 1. The molecule has 0 aliphatic rings. The minimum absolute atomic E-state index is 0.0960. The van der Waals surface area contributed by atoms with E-state index in [-0.39, 0.29) is 5.69 Å². The smallest absolute Gasteiger partial charge is 0.258 e. The van der Waals surface area contributed by atoms with Crippen LogP contribution in [-0.4, -0.2) is 30.1 Å². The minimum Gasteiger partial charge on any atom is -0.258 e. The number of pyridine rings is 1. The molecule has 2 rings (SSSR count). The van der Waals surface area contributed by atoms with E-state index in [9.17, 15) is 10.1 Å². The van der Waals surface area contributed by atoms with Gasteiger partial charge in [-0.05, 0) is 33.3 Å². The molecule has 0 spiro atoms. The zero-order chi connectivity index (χ0) is 11.7. The van der Waals surface area contributed by atoms with Crippen molar-refractivity contribution in [1.29, 1.82) is 0 Å². The lowest BCUT2D eigenvalue weighted by Gasteiger charge is -2.02. The van der Waals surface area contributed by atoms with Gasteiger partial charge in [-0.2, -0.15) is 4.68 Å². The van der Waals surface area contributed by atoms with Crippen molar-refractivity contribution in [2.24, 2.45) is 0 Å². The first-order chi connectivity index (χ1) is 7.59. The van der Waals surface area contributed by atoms with Gasteiger partial charge in [0.1, 0.15) is 6.20 Å². The number of rotatable bonds is 2. The largest absolute Gasteiger partial charge is 0.288 e. The molecule has 8 nitrogen and oxygen atoms in total. The quantitative estimate of drug-likeness (QED) is 0.603. The molecule has 0 radical (unpaired) electrons. The molecule has 2 aromatic rings. The highest BCUT2D eigenvalue weighted by Crippen LogP contribution is 2.23. The summed E-state index contributed by atoms with van der Waals surface area (Å²) in [6.07, 6.45) is 1.15. The topological polar surface area (TPSA) is 99.6 Å². The number of nitrogens with zero attached hydrogens (tertiary/aromatic N) is 6. The fourth-order valence-electron chi connectivity index (χ4n) is 1.10. The second kappa shape index (κ2) is 3.93. The maximum atomic E-state index is 10.5. The first kappa shape index (κ1) is 10.6. The van der Waals surface area contributed by atoms with Crippen LogP contribution < -0.4 is 0 Å². The number of tetrazole rings is 1. The Kier molecular flexibility index (Phi) is 2.60. The average molecular weight is 285 g/mol. The molecule has 9 heteroatoms. The molecule has 0 fully saturated rings. The number of aromatic nitrogens is 5. The molecular formula is C7H5BrN6O2. The lowest BCUT2D eigenvalue weighted by atomic mass is 10.4. The van der Waals surface area contributed by atoms with E-state index in [2.05, 4.69) is 36.4 Å². The number of hydrogen-bond acceptors (Lipinski definition) is 6. The molecule has 0 unspecified atom stereocenters. The number of hydrogen-bond donors (Lipinski definition) is 0. The van der Waals surface area contributed by atoms with Gasteiger partial charge >= 0.3 is 0 Å². The predicted molar refractivity (Wildman–Crippen MR) is 56.0 cm³/mol. The van der Waals surface area contributed by atoms with Gasteiger partial charge in [0.2, 0.25) is 0 Å². The molecule has 0 atom stereocenters. The van der Waals surface area contributed by atoms with E-state index in [0.29, 0.717) is 16.1 Å². The van der Waals surface area contributed by atoms with E-state index in [1.807, 2.05) is 0 Å². The average Bonchev–Trinajstić information content (AvgIpc) is 2.64. The van der Waals surface area contributed by atoms with Crippen LogP contribution in [0.4, 0.5) is 5.69 Å². The molecule has 0 saturated carbocycles. The molecule has 0 N–H and O–H groups in total. The van der Waals surface area contributed by atoms with Gasteiger partial charge in [-0.1, -0.05) is 0 Å². The third-order valence-electron chi connectivity index (χ3n) is 1.84. The summed E-state index contributed by atoms with van der Waals surface area (Å²) in [6, 6.07) is 1.35. The van der Waals surface area contributed by atoms with Crippen LogP contribution in [-0.2, 0) is 0 Å². The van der Waals surface area contributed by atoms with E-state index in [0.717, 1.165) is 6.20 Å². The molecule has 0 bridgehead atoms. The van der Waals surface area contributed by atoms with Crippen LogP contribution in [0, 0.1) is 17.0 Å². The lowest BCUT2D eigenvalue weighted by Crippen LogP contribution is -2.04. The van der Waals surface area contributed by atoms with Crippen LogP contribution in [0.25, 0.3) is 5.82 Å². The number of aryl methyl sites for hydroxylation is 1. The Morgan fingerprint density at radius 1 is 1.56 bits per heavy atom. The van der Waals surface area contributed by atoms with E-state index >= 15 is 0 Å². The van der Waals surface area contributed by atoms with E-state index in [1.165, 1.54) is 10.7 Å². The summed E-state index contributed by atoms with van der Waals surface area (Å²) in [5.74, 6) is 0.954. The van der Waals surface area contributed by atoms with Gasteiger partial charge in [0.15, 0.2) is 11.6 Å². The highest BCUT2D eigenvalue weighted by atomic mass is 79.9. The summed E-state index contributed by atoms with van der Waals surface area (Å²) in [6.45, 7) is 1.70. The van der Waals surface area contributed by atoms with E-state index < -0.39 is 4.92 Å². The Labute approximate surface area is 97.6 Å². The van der Waals surface area contributed by atoms with Crippen molar-refractivity contribution < 1.29 is 4.92 Å². The van der Waals surface area contributed by atoms with Gasteiger partial charge in [0, 0.05) is 6.07 Å². The summed E-state index contributed by atoms with van der Waals surface area (Å²) in [4.78, 5) is 13.9. The van der Waals surface area contributed by atoms with Crippen LogP contribution in [0.3, 0.4) is 0 Å². The second-order valence-corrected chi connectivity index (χ2v) is 3.75. The summed E-state index contributed by atoms with van der Waals surface area (Å²) in [7, 11) is 0. The Balaban J connectivity index is 2.52. The molecule has 0 amide bonds. The Hall–Kier alpha value is -1.90. The monoisotopic (exact) mass is 284 g/mol. The van der Waals surface area contributed by atoms with Crippen LogP contribution in [0.2, 0.25) is 0 Å². The summed E-state index contributed by atoms with van der Waals surface area (Å²) < 4.78 is 1.84. The van der Waals surface area contributed by atoms with Crippen molar-refractivity contribution in [3.63, 3.8) is 0 Å². The van der Waals surface area contributed by atoms with Crippen molar-refractivity contribution >= 4 is 21.6 Å². The van der Waals surface area contributed by atoms with Gasteiger partial charge in [-0.15, -0.1) is 5.10 Å². The molecule has 2 aromatic heterocycles. The third kappa shape index (κ3) is 1.76. The highest BCUT2D eigenvalue weighted by Gasteiger charge is 2.14. The van der Waals surface area contributed by atoms with Gasteiger partial charge in [-0.25, -0.2) is 4.98 Å². The van der Waals surface area contributed by atoms with E-state index in [4.69, 9.17) is 0 Å². The Morgan fingerprint density at radius 3 is 2.81 bits per heavy atom. The Bertz CT molecular complexity index is 554. The summed E-state index contributed by atoms with van der Waals surface area (Å²) >= 11 is 3.19. The number of halogens is 1. The summed E-state index contributed by atoms with van der Waals surface area (Å²) in [5.41, 5.74) is -0.0960. The SMILES string of the molecule is Cc1nnnn1-c1ncc([N+](=O)[O-])cc1Br. The maximum Gasteiger partial charge on any atom is 0.288 e. The fraction of sp³-hybridized carbons (Fsp3) is 0.143. The molecule has 0 aromatic carbocycles. The van der Waals surface area contributed by atoms with Crippen molar-refractivity contribution in [2.75, 3.05) is 0 Å². The third-order valence-corrected chi connectivity index (χ3v) is 2.43. The van der Waals surface area contributed by atoms with Crippen LogP contribution in [0.1, 0.15) is 5.82 Å². The first-order valence-corrected chi connectivity index (χ1v) is 4.94. The second-order valence-electron chi connectivity index (χ2n) is 2.89. The highest BCUT2D eigenvalue weighted by molar-refractivity contribution is 9.10. The molecule has 16 heavy (non-hydrogen) atoms. The normalized spacial score (nSPS) is 10.4. The molecule has 0 saturated heterocycles.